The normalized spacial score (nSPS) is 10.5. The molecule has 0 bridgehead atoms. The summed E-state index contributed by atoms with van der Waals surface area (Å²) in [5.74, 6) is -0.324. The topological polar surface area (TPSA) is 98.3 Å². The van der Waals surface area contributed by atoms with Gasteiger partial charge in [0.05, 0.1) is 22.2 Å². The van der Waals surface area contributed by atoms with Crippen LogP contribution in [0.5, 0.6) is 0 Å². The Kier molecular flexibility index (Phi) is 5.07. The number of aromatic nitrogens is 2. The van der Waals surface area contributed by atoms with Gasteiger partial charge >= 0.3 is 0 Å². The minimum atomic E-state index is -0.581. The zero-order valence-corrected chi connectivity index (χ0v) is 14.3. The molecule has 2 aromatic carbocycles. The number of hydrogen-bond donors (Lipinski definition) is 0. The molecule has 8 nitrogen and oxygen atoms in total. The largest absolute Gasteiger partial charge is 0.307 e. The highest BCUT2D eigenvalue weighted by atomic mass is 16.6. The molecule has 1 aromatic heterocycles. The lowest BCUT2D eigenvalue weighted by Crippen LogP contribution is -2.36. The van der Waals surface area contributed by atoms with Crippen molar-refractivity contribution in [2.24, 2.45) is 0 Å². The van der Waals surface area contributed by atoms with Crippen molar-refractivity contribution in [2.45, 2.75) is 6.54 Å². The van der Waals surface area contributed by atoms with E-state index in [2.05, 4.69) is 11.6 Å². The highest BCUT2D eigenvalue weighted by Gasteiger charge is 2.17. The number of carbonyl (C=O) groups is 1. The fourth-order valence-corrected chi connectivity index (χ4v) is 2.69. The first-order valence-corrected chi connectivity index (χ1v) is 8.11. The van der Waals surface area contributed by atoms with Gasteiger partial charge in [0.1, 0.15) is 6.54 Å². The second kappa shape index (κ2) is 7.61. The van der Waals surface area contributed by atoms with Gasteiger partial charge in [0.25, 0.3) is 11.2 Å². The Hall–Kier alpha value is -3.81. The Morgan fingerprint density at radius 3 is 2.67 bits per heavy atom. The van der Waals surface area contributed by atoms with E-state index in [1.165, 1.54) is 29.4 Å². The minimum absolute atomic E-state index is 0.0921. The summed E-state index contributed by atoms with van der Waals surface area (Å²) in [6.07, 6.45) is 2.86. The van der Waals surface area contributed by atoms with Gasteiger partial charge < -0.3 is 4.90 Å². The maximum absolute atomic E-state index is 12.7. The fourth-order valence-electron chi connectivity index (χ4n) is 2.69. The summed E-state index contributed by atoms with van der Waals surface area (Å²) in [7, 11) is 0. The van der Waals surface area contributed by atoms with Crippen LogP contribution in [0.15, 0.2) is 72.3 Å². The highest BCUT2D eigenvalue weighted by molar-refractivity contribution is 5.93. The third-order valence-electron chi connectivity index (χ3n) is 4.00. The zero-order chi connectivity index (χ0) is 19.4. The molecular formula is C19H16N4O4. The van der Waals surface area contributed by atoms with Crippen molar-refractivity contribution in [1.29, 1.82) is 0 Å². The van der Waals surface area contributed by atoms with Crippen molar-refractivity contribution >= 4 is 28.2 Å². The summed E-state index contributed by atoms with van der Waals surface area (Å²) in [5, 5.41) is 11.0. The van der Waals surface area contributed by atoms with Crippen LogP contribution in [0, 0.1) is 10.1 Å². The third-order valence-corrected chi connectivity index (χ3v) is 4.00. The Balaban J connectivity index is 1.96. The van der Waals surface area contributed by atoms with Crippen LogP contribution in [0.2, 0.25) is 0 Å². The van der Waals surface area contributed by atoms with E-state index in [0.717, 1.165) is 4.57 Å². The van der Waals surface area contributed by atoms with E-state index in [4.69, 9.17) is 0 Å². The van der Waals surface area contributed by atoms with Crippen LogP contribution in [0.4, 0.5) is 11.4 Å². The first-order chi connectivity index (χ1) is 13.0. The van der Waals surface area contributed by atoms with E-state index < -0.39 is 10.5 Å². The lowest BCUT2D eigenvalue weighted by atomic mass is 10.2. The van der Waals surface area contributed by atoms with Crippen LogP contribution in [0.3, 0.4) is 0 Å². The summed E-state index contributed by atoms with van der Waals surface area (Å²) in [5.41, 5.74) is 0.298. The molecule has 1 amide bonds. The van der Waals surface area contributed by atoms with Crippen LogP contribution >= 0.6 is 0 Å². The molecule has 0 radical (unpaired) electrons. The van der Waals surface area contributed by atoms with Gasteiger partial charge in [-0.05, 0) is 18.2 Å². The second-order valence-electron chi connectivity index (χ2n) is 5.76. The number of non-ortho nitro benzene ring substituents is 1. The van der Waals surface area contributed by atoms with E-state index in [0.29, 0.717) is 11.2 Å². The summed E-state index contributed by atoms with van der Waals surface area (Å²) in [4.78, 5) is 41.4. The third kappa shape index (κ3) is 3.74. The smallest absolute Gasteiger partial charge is 0.270 e. The zero-order valence-electron chi connectivity index (χ0n) is 14.3. The van der Waals surface area contributed by atoms with Crippen LogP contribution in [-0.2, 0) is 11.3 Å². The van der Waals surface area contributed by atoms with Crippen LogP contribution in [0.25, 0.3) is 10.9 Å². The molecule has 0 saturated heterocycles. The maximum Gasteiger partial charge on any atom is 0.270 e. The summed E-state index contributed by atoms with van der Waals surface area (Å²) >= 11 is 0. The molecule has 0 spiro atoms. The van der Waals surface area contributed by atoms with Gasteiger partial charge in [0.15, 0.2) is 0 Å². The SMILES string of the molecule is C=CCN(C(=O)Cn1cnc2ccc([N+](=O)[O-])cc2c1=O)c1ccccc1. The number of nitrogens with zero attached hydrogens (tertiary/aromatic N) is 4. The molecule has 0 aliphatic heterocycles. The predicted octanol–water partition coefficient (Wildman–Crippen LogP) is 2.52. The molecular weight excluding hydrogens is 348 g/mol. The van der Waals surface area contributed by atoms with Crippen molar-refractivity contribution in [3.63, 3.8) is 0 Å². The van der Waals surface area contributed by atoms with Crippen molar-refractivity contribution < 1.29 is 9.72 Å². The van der Waals surface area contributed by atoms with Gasteiger partial charge in [-0.1, -0.05) is 24.3 Å². The standard InChI is InChI=1S/C19H16N4O4/c1-2-10-22(14-6-4-3-5-7-14)18(24)12-21-13-20-17-9-8-15(23(26)27)11-16(17)19(21)25/h2-9,11,13H,1,10,12H2. The molecule has 0 N–H and O–H groups in total. The lowest BCUT2D eigenvalue weighted by Gasteiger charge is -2.21. The molecule has 136 valence electrons. The van der Waals surface area contributed by atoms with Crippen molar-refractivity contribution in [2.75, 3.05) is 11.4 Å². The lowest BCUT2D eigenvalue weighted by molar-refractivity contribution is -0.384. The number of fused-ring (bicyclic) bond motifs is 1. The number of nitro benzene ring substituents is 1. The van der Waals surface area contributed by atoms with Crippen molar-refractivity contribution in [3.05, 3.63) is 88.0 Å². The van der Waals surface area contributed by atoms with Crippen molar-refractivity contribution in [1.82, 2.24) is 9.55 Å². The quantitative estimate of drug-likeness (QED) is 0.380. The molecule has 27 heavy (non-hydrogen) atoms. The van der Waals surface area contributed by atoms with Gasteiger partial charge in [-0.2, -0.15) is 0 Å². The number of nitro groups is 1. The Morgan fingerprint density at radius 2 is 2.00 bits per heavy atom. The summed E-state index contributed by atoms with van der Waals surface area (Å²) < 4.78 is 1.15. The van der Waals surface area contributed by atoms with E-state index in [1.807, 2.05) is 18.2 Å². The Bertz CT molecular complexity index is 1080. The maximum atomic E-state index is 12.7. The van der Waals surface area contributed by atoms with Crippen LogP contribution in [-0.4, -0.2) is 26.9 Å². The average Bonchev–Trinajstić information content (AvgIpc) is 2.68. The molecule has 0 atom stereocenters. The number of para-hydroxylation sites is 1. The molecule has 0 saturated carbocycles. The predicted molar refractivity (Wildman–Crippen MR) is 102 cm³/mol. The average molecular weight is 364 g/mol. The fraction of sp³-hybridized carbons (Fsp3) is 0.105. The van der Waals surface area contributed by atoms with E-state index in [9.17, 15) is 19.7 Å². The molecule has 8 heteroatoms. The number of hydrogen-bond acceptors (Lipinski definition) is 5. The monoisotopic (exact) mass is 364 g/mol. The van der Waals surface area contributed by atoms with E-state index >= 15 is 0 Å². The van der Waals surface area contributed by atoms with E-state index in [-0.39, 0.29) is 30.1 Å². The Morgan fingerprint density at radius 1 is 1.26 bits per heavy atom. The Labute approximate surface area is 154 Å². The second-order valence-corrected chi connectivity index (χ2v) is 5.76. The highest BCUT2D eigenvalue weighted by Crippen LogP contribution is 2.17. The van der Waals surface area contributed by atoms with Gasteiger partial charge in [-0.25, -0.2) is 4.98 Å². The van der Waals surface area contributed by atoms with Gasteiger partial charge in [0, 0.05) is 24.4 Å². The molecule has 0 aliphatic carbocycles. The summed E-state index contributed by atoms with van der Waals surface area (Å²) in [6, 6.07) is 12.9. The number of benzene rings is 2. The first kappa shape index (κ1) is 18.0. The van der Waals surface area contributed by atoms with Crippen LogP contribution in [0.1, 0.15) is 0 Å². The van der Waals surface area contributed by atoms with Crippen LogP contribution < -0.4 is 10.5 Å². The molecule has 3 rings (SSSR count). The molecule has 1 heterocycles. The number of carbonyl (C=O) groups excluding carboxylic acids is 1. The first-order valence-electron chi connectivity index (χ1n) is 8.11. The number of rotatable bonds is 6. The summed E-state index contributed by atoms with van der Waals surface area (Å²) in [6.45, 7) is 3.70. The van der Waals surface area contributed by atoms with Gasteiger partial charge in [-0.3, -0.25) is 24.3 Å². The van der Waals surface area contributed by atoms with Crippen molar-refractivity contribution in [3.8, 4) is 0 Å². The van der Waals surface area contributed by atoms with E-state index in [1.54, 1.807) is 18.2 Å². The molecule has 0 fully saturated rings. The number of anilines is 1. The molecule has 0 unspecified atom stereocenters. The molecule has 3 aromatic rings. The molecule has 0 aliphatic rings. The van der Waals surface area contributed by atoms with Gasteiger partial charge in [0.2, 0.25) is 5.91 Å². The number of amides is 1. The minimum Gasteiger partial charge on any atom is -0.307 e. The van der Waals surface area contributed by atoms with Gasteiger partial charge in [-0.15, -0.1) is 6.58 Å².